The van der Waals surface area contributed by atoms with Gasteiger partial charge in [-0.3, -0.25) is 4.79 Å². The topological polar surface area (TPSA) is 91.4 Å². The van der Waals surface area contributed by atoms with E-state index in [1.165, 1.54) is 25.1 Å². The number of carbonyl (C=O) groups is 1. The second-order valence-corrected chi connectivity index (χ2v) is 3.20. The molecule has 0 amide bonds. The van der Waals surface area contributed by atoms with Gasteiger partial charge in [-0.05, 0) is 12.1 Å². The standard InChI is InChI=1S/C10H9NO5/c1-5(12)16-9-6-3-2-4-7(13)11(6)10(15)8(9)14/h2-4,13-15H,1H3. The highest BCUT2D eigenvalue weighted by atomic mass is 16.5. The van der Waals surface area contributed by atoms with Gasteiger partial charge in [-0.15, -0.1) is 0 Å². The number of hydrogen-bond acceptors (Lipinski definition) is 5. The van der Waals surface area contributed by atoms with Crippen molar-refractivity contribution in [2.45, 2.75) is 6.92 Å². The Morgan fingerprint density at radius 2 is 2.00 bits per heavy atom. The minimum Gasteiger partial charge on any atom is -0.500 e. The summed E-state index contributed by atoms with van der Waals surface area (Å²) in [6.45, 7) is 1.17. The smallest absolute Gasteiger partial charge is 0.308 e. The number of fused-ring (bicyclic) bond motifs is 1. The van der Waals surface area contributed by atoms with E-state index in [1.54, 1.807) is 0 Å². The van der Waals surface area contributed by atoms with E-state index in [0.29, 0.717) is 0 Å². The van der Waals surface area contributed by atoms with Crippen LogP contribution in [-0.2, 0) is 4.79 Å². The Kier molecular flexibility index (Phi) is 2.12. The summed E-state index contributed by atoms with van der Waals surface area (Å²) < 4.78 is 5.72. The second-order valence-electron chi connectivity index (χ2n) is 3.20. The molecule has 0 radical (unpaired) electrons. The number of pyridine rings is 1. The lowest BCUT2D eigenvalue weighted by molar-refractivity contribution is -0.131. The van der Waals surface area contributed by atoms with E-state index in [1.807, 2.05) is 0 Å². The van der Waals surface area contributed by atoms with E-state index >= 15 is 0 Å². The summed E-state index contributed by atoms with van der Waals surface area (Å²) in [5.74, 6) is -2.25. The normalized spacial score (nSPS) is 10.6. The fraction of sp³-hybridized carbons (Fsp3) is 0.100. The Hall–Kier alpha value is -2.37. The molecular weight excluding hydrogens is 214 g/mol. The van der Waals surface area contributed by atoms with Gasteiger partial charge in [0, 0.05) is 6.92 Å². The molecule has 2 aromatic heterocycles. The summed E-state index contributed by atoms with van der Waals surface area (Å²) in [6, 6.07) is 4.30. The first kappa shape index (κ1) is 10.2. The molecule has 0 unspecified atom stereocenters. The van der Waals surface area contributed by atoms with Crippen LogP contribution in [0.3, 0.4) is 0 Å². The zero-order chi connectivity index (χ0) is 11.9. The molecule has 3 N–H and O–H groups in total. The molecule has 0 bridgehead atoms. The lowest BCUT2D eigenvalue weighted by Crippen LogP contribution is -2.01. The van der Waals surface area contributed by atoms with Crippen molar-refractivity contribution < 1.29 is 24.9 Å². The van der Waals surface area contributed by atoms with E-state index in [9.17, 15) is 20.1 Å². The van der Waals surface area contributed by atoms with E-state index < -0.39 is 17.6 Å². The van der Waals surface area contributed by atoms with Gasteiger partial charge in [-0.1, -0.05) is 6.07 Å². The monoisotopic (exact) mass is 223 g/mol. The third-order valence-corrected chi connectivity index (χ3v) is 2.09. The van der Waals surface area contributed by atoms with Gasteiger partial charge in [-0.2, -0.15) is 0 Å². The number of hydrogen-bond donors (Lipinski definition) is 3. The van der Waals surface area contributed by atoms with Crippen LogP contribution in [0.2, 0.25) is 0 Å². The van der Waals surface area contributed by atoms with Gasteiger partial charge in [0.2, 0.25) is 17.4 Å². The summed E-state index contributed by atoms with van der Waals surface area (Å²) in [6.07, 6.45) is 0. The molecule has 16 heavy (non-hydrogen) atoms. The fourth-order valence-corrected chi connectivity index (χ4v) is 1.47. The van der Waals surface area contributed by atoms with Crippen molar-refractivity contribution in [3.05, 3.63) is 18.2 Å². The van der Waals surface area contributed by atoms with Crippen LogP contribution in [-0.4, -0.2) is 25.7 Å². The zero-order valence-electron chi connectivity index (χ0n) is 8.34. The average molecular weight is 223 g/mol. The third-order valence-electron chi connectivity index (χ3n) is 2.09. The van der Waals surface area contributed by atoms with Crippen LogP contribution in [0.1, 0.15) is 6.92 Å². The predicted molar refractivity (Wildman–Crippen MR) is 53.7 cm³/mol. The molecule has 0 spiro atoms. The molecule has 6 heteroatoms. The Balaban J connectivity index is 2.79. The number of rotatable bonds is 1. The molecule has 0 aliphatic heterocycles. The number of carbonyl (C=O) groups excluding carboxylic acids is 1. The summed E-state index contributed by atoms with van der Waals surface area (Å²) >= 11 is 0. The summed E-state index contributed by atoms with van der Waals surface area (Å²) in [7, 11) is 0. The van der Waals surface area contributed by atoms with Crippen LogP contribution in [0.4, 0.5) is 0 Å². The Morgan fingerprint density at radius 3 is 2.62 bits per heavy atom. The summed E-state index contributed by atoms with van der Waals surface area (Å²) in [4.78, 5) is 10.8. The minimum absolute atomic E-state index is 0.180. The van der Waals surface area contributed by atoms with Crippen molar-refractivity contribution in [1.82, 2.24) is 4.40 Å². The number of aromatic nitrogens is 1. The first-order valence-electron chi connectivity index (χ1n) is 4.45. The van der Waals surface area contributed by atoms with Gasteiger partial charge in [0.1, 0.15) is 0 Å². The fourth-order valence-electron chi connectivity index (χ4n) is 1.47. The number of nitrogens with zero attached hydrogens (tertiary/aromatic N) is 1. The molecule has 2 aromatic rings. The molecule has 0 atom stereocenters. The quantitative estimate of drug-likeness (QED) is 0.627. The van der Waals surface area contributed by atoms with Crippen molar-refractivity contribution in [2.75, 3.05) is 0 Å². The highest BCUT2D eigenvalue weighted by molar-refractivity contribution is 5.79. The Morgan fingerprint density at radius 1 is 1.31 bits per heavy atom. The van der Waals surface area contributed by atoms with Gasteiger partial charge in [0.15, 0.2) is 5.88 Å². The minimum atomic E-state index is -0.633. The third kappa shape index (κ3) is 1.31. The van der Waals surface area contributed by atoms with Crippen LogP contribution < -0.4 is 4.74 Å². The first-order chi connectivity index (χ1) is 7.52. The average Bonchev–Trinajstić information content (AvgIpc) is 2.44. The van der Waals surface area contributed by atoms with Crippen molar-refractivity contribution in [1.29, 1.82) is 0 Å². The molecule has 2 rings (SSSR count). The van der Waals surface area contributed by atoms with Gasteiger partial charge < -0.3 is 20.1 Å². The van der Waals surface area contributed by atoms with Crippen molar-refractivity contribution in [3.63, 3.8) is 0 Å². The SMILES string of the molecule is CC(=O)Oc1c(O)c(O)n2c(O)cccc12. The largest absolute Gasteiger partial charge is 0.500 e. The lowest BCUT2D eigenvalue weighted by Gasteiger charge is -2.00. The highest BCUT2D eigenvalue weighted by Gasteiger charge is 2.21. The molecule has 84 valence electrons. The van der Waals surface area contributed by atoms with Gasteiger partial charge in [0.25, 0.3) is 0 Å². The molecule has 0 aliphatic carbocycles. The second kappa shape index (κ2) is 3.34. The van der Waals surface area contributed by atoms with E-state index in [-0.39, 0.29) is 17.1 Å². The van der Waals surface area contributed by atoms with E-state index in [0.717, 1.165) is 4.40 Å². The maximum absolute atomic E-state index is 10.8. The lowest BCUT2D eigenvalue weighted by atomic mass is 10.4. The van der Waals surface area contributed by atoms with Crippen LogP contribution >= 0.6 is 0 Å². The molecule has 6 nitrogen and oxygen atoms in total. The van der Waals surface area contributed by atoms with Crippen molar-refractivity contribution >= 4 is 11.5 Å². The summed E-state index contributed by atoms with van der Waals surface area (Å²) in [5, 5.41) is 28.5. The zero-order valence-corrected chi connectivity index (χ0v) is 8.34. The van der Waals surface area contributed by atoms with Gasteiger partial charge in [0.05, 0.1) is 5.52 Å². The molecule has 0 fully saturated rings. The molecule has 0 aliphatic rings. The van der Waals surface area contributed by atoms with Crippen LogP contribution in [0.15, 0.2) is 18.2 Å². The van der Waals surface area contributed by atoms with Crippen LogP contribution in [0.25, 0.3) is 5.52 Å². The molecule has 2 heterocycles. The van der Waals surface area contributed by atoms with E-state index in [4.69, 9.17) is 4.74 Å². The Labute approximate surface area is 89.9 Å². The predicted octanol–water partition coefficient (Wildman–Crippen LogP) is 0.981. The number of ether oxygens (including phenoxy) is 1. The van der Waals surface area contributed by atoms with Gasteiger partial charge in [-0.25, -0.2) is 4.40 Å². The first-order valence-corrected chi connectivity index (χ1v) is 4.45. The summed E-state index contributed by atoms with van der Waals surface area (Å²) in [5.41, 5.74) is 0.199. The number of esters is 1. The maximum atomic E-state index is 10.8. The molecular formula is C10H9NO5. The molecule has 0 saturated heterocycles. The highest BCUT2D eigenvalue weighted by Crippen LogP contribution is 2.43. The van der Waals surface area contributed by atoms with E-state index in [2.05, 4.69) is 0 Å². The maximum Gasteiger partial charge on any atom is 0.308 e. The number of aromatic hydroxyl groups is 3. The van der Waals surface area contributed by atoms with Crippen LogP contribution in [0, 0.1) is 0 Å². The van der Waals surface area contributed by atoms with Crippen molar-refractivity contribution in [3.8, 4) is 23.3 Å². The molecule has 0 aromatic carbocycles. The van der Waals surface area contributed by atoms with Gasteiger partial charge >= 0.3 is 5.97 Å². The van der Waals surface area contributed by atoms with Crippen LogP contribution in [0.5, 0.6) is 23.3 Å². The van der Waals surface area contributed by atoms with Crippen molar-refractivity contribution in [2.24, 2.45) is 0 Å². The Bertz CT molecular complexity index is 572. The molecule has 0 saturated carbocycles.